The second-order valence-electron chi connectivity index (χ2n) is 3.49. The standard InChI is InChI=1S/C13H15NO2/c1-2-3-4-8-11(13(15)16)10-7-5-6-9-12(10)14/h5-7,9,11H,4,8,14H2,1H3,(H,15,16). The Hall–Kier alpha value is -1.95. The molecule has 0 spiro atoms. The lowest BCUT2D eigenvalue weighted by atomic mass is 9.93. The Kier molecular flexibility index (Phi) is 4.41. The fourth-order valence-corrected chi connectivity index (χ4v) is 1.58. The van der Waals surface area contributed by atoms with Crippen LogP contribution in [0.3, 0.4) is 0 Å². The average molecular weight is 217 g/mol. The first-order valence-electron chi connectivity index (χ1n) is 5.13. The number of hydrogen-bond donors (Lipinski definition) is 2. The minimum Gasteiger partial charge on any atom is -0.481 e. The van der Waals surface area contributed by atoms with E-state index < -0.39 is 11.9 Å². The molecule has 1 aromatic rings. The number of nitrogens with two attached hydrogens (primary N) is 1. The van der Waals surface area contributed by atoms with Gasteiger partial charge in [0.25, 0.3) is 0 Å². The molecule has 16 heavy (non-hydrogen) atoms. The van der Waals surface area contributed by atoms with Gasteiger partial charge in [-0.2, -0.15) is 0 Å². The van der Waals surface area contributed by atoms with Crippen LogP contribution in [-0.2, 0) is 4.79 Å². The van der Waals surface area contributed by atoms with E-state index in [2.05, 4.69) is 11.8 Å². The minimum atomic E-state index is -0.851. The third kappa shape index (κ3) is 3.03. The summed E-state index contributed by atoms with van der Waals surface area (Å²) in [5.74, 6) is 4.20. The van der Waals surface area contributed by atoms with Gasteiger partial charge >= 0.3 is 5.97 Å². The van der Waals surface area contributed by atoms with Gasteiger partial charge in [-0.15, -0.1) is 11.8 Å². The van der Waals surface area contributed by atoms with E-state index in [0.717, 1.165) is 0 Å². The van der Waals surface area contributed by atoms with E-state index in [1.165, 1.54) is 0 Å². The van der Waals surface area contributed by atoms with Crippen LogP contribution >= 0.6 is 0 Å². The van der Waals surface area contributed by atoms with Gasteiger partial charge < -0.3 is 10.8 Å². The van der Waals surface area contributed by atoms with Crippen molar-refractivity contribution >= 4 is 11.7 Å². The van der Waals surface area contributed by atoms with E-state index in [1.807, 2.05) is 0 Å². The van der Waals surface area contributed by atoms with Gasteiger partial charge in [0.1, 0.15) is 0 Å². The van der Waals surface area contributed by atoms with E-state index in [-0.39, 0.29) is 0 Å². The molecule has 0 radical (unpaired) electrons. The van der Waals surface area contributed by atoms with Crippen LogP contribution in [0.1, 0.15) is 31.2 Å². The van der Waals surface area contributed by atoms with E-state index in [4.69, 9.17) is 10.8 Å². The molecule has 0 bridgehead atoms. The van der Waals surface area contributed by atoms with Gasteiger partial charge in [-0.1, -0.05) is 18.2 Å². The molecule has 0 amide bonds. The number of carbonyl (C=O) groups is 1. The smallest absolute Gasteiger partial charge is 0.311 e. The highest BCUT2D eigenvalue weighted by molar-refractivity contribution is 5.78. The van der Waals surface area contributed by atoms with Crippen molar-refractivity contribution in [2.45, 2.75) is 25.7 Å². The lowest BCUT2D eigenvalue weighted by Crippen LogP contribution is -2.13. The second-order valence-corrected chi connectivity index (χ2v) is 3.49. The summed E-state index contributed by atoms with van der Waals surface area (Å²) < 4.78 is 0. The highest BCUT2D eigenvalue weighted by Gasteiger charge is 2.20. The predicted octanol–water partition coefficient (Wildman–Crippen LogP) is 2.24. The zero-order chi connectivity index (χ0) is 12.0. The van der Waals surface area contributed by atoms with Gasteiger partial charge in [0.15, 0.2) is 0 Å². The zero-order valence-electron chi connectivity index (χ0n) is 9.23. The highest BCUT2D eigenvalue weighted by Crippen LogP contribution is 2.26. The average Bonchev–Trinajstić information content (AvgIpc) is 2.25. The summed E-state index contributed by atoms with van der Waals surface area (Å²) in [6.07, 6.45) is 1.06. The molecule has 3 nitrogen and oxygen atoms in total. The van der Waals surface area contributed by atoms with E-state index >= 15 is 0 Å². The first-order valence-corrected chi connectivity index (χ1v) is 5.13. The SMILES string of the molecule is CC#CCCC(C(=O)O)c1ccccc1N. The van der Waals surface area contributed by atoms with Crippen molar-refractivity contribution in [3.05, 3.63) is 29.8 Å². The quantitative estimate of drug-likeness (QED) is 0.600. The van der Waals surface area contributed by atoms with Crippen LogP contribution in [0.25, 0.3) is 0 Å². The number of benzene rings is 1. The van der Waals surface area contributed by atoms with Crippen LogP contribution in [-0.4, -0.2) is 11.1 Å². The number of nitrogen functional groups attached to an aromatic ring is 1. The molecule has 0 aliphatic rings. The van der Waals surface area contributed by atoms with Crippen molar-refractivity contribution in [1.82, 2.24) is 0 Å². The Bertz CT molecular complexity index is 429. The van der Waals surface area contributed by atoms with Crippen LogP contribution < -0.4 is 5.73 Å². The fraction of sp³-hybridized carbons (Fsp3) is 0.308. The second kappa shape index (κ2) is 5.82. The predicted molar refractivity (Wildman–Crippen MR) is 63.9 cm³/mol. The van der Waals surface area contributed by atoms with Gasteiger partial charge in [-0.3, -0.25) is 4.79 Å². The van der Waals surface area contributed by atoms with Gasteiger partial charge in [-0.05, 0) is 25.0 Å². The number of carboxylic acids is 1. The van der Waals surface area contributed by atoms with Crippen LogP contribution in [0.5, 0.6) is 0 Å². The first kappa shape index (κ1) is 12.1. The molecule has 0 aliphatic carbocycles. The molecule has 1 unspecified atom stereocenters. The molecule has 0 fully saturated rings. The maximum Gasteiger partial charge on any atom is 0.311 e. The third-order valence-electron chi connectivity index (χ3n) is 2.40. The maximum atomic E-state index is 11.1. The Morgan fingerprint density at radius 3 is 2.75 bits per heavy atom. The summed E-state index contributed by atoms with van der Waals surface area (Å²) in [6, 6.07) is 7.07. The van der Waals surface area contributed by atoms with Crippen LogP contribution in [0, 0.1) is 11.8 Å². The summed E-state index contributed by atoms with van der Waals surface area (Å²) in [5.41, 5.74) is 6.97. The summed E-state index contributed by atoms with van der Waals surface area (Å²) in [6.45, 7) is 1.74. The molecule has 3 heteroatoms. The van der Waals surface area contributed by atoms with Crippen LogP contribution in [0.2, 0.25) is 0 Å². The van der Waals surface area contributed by atoms with Crippen molar-refractivity contribution in [2.75, 3.05) is 5.73 Å². The van der Waals surface area contributed by atoms with E-state index in [0.29, 0.717) is 24.1 Å². The normalized spacial score (nSPS) is 11.3. The monoisotopic (exact) mass is 217 g/mol. The summed E-state index contributed by atoms with van der Waals surface area (Å²) in [5, 5.41) is 9.15. The number of anilines is 1. The number of para-hydroxylation sites is 1. The minimum absolute atomic E-state index is 0.490. The molecular formula is C13H15NO2. The Morgan fingerprint density at radius 2 is 2.19 bits per heavy atom. The van der Waals surface area contributed by atoms with Crippen LogP contribution in [0.15, 0.2) is 24.3 Å². The number of rotatable bonds is 4. The lowest BCUT2D eigenvalue weighted by molar-refractivity contribution is -0.138. The molecule has 0 aromatic heterocycles. The molecule has 1 aromatic carbocycles. The molecule has 84 valence electrons. The lowest BCUT2D eigenvalue weighted by Gasteiger charge is -2.13. The number of carboxylic acid groups (broad SMARTS) is 1. The summed E-state index contributed by atoms with van der Waals surface area (Å²) >= 11 is 0. The maximum absolute atomic E-state index is 11.1. The Morgan fingerprint density at radius 1 is 1.50 bits per heavy atom. The molecule has 0 saturated heterocycles. The summed E-state index contributed by atoms with van der Waals surface area (Å²) in [4.78, 5) is 11.1. The molecule has 0 saturated carbocycles. The number of aliphatic carboxylic acids is 1. The first-order chi connectivity index (χ1) is 7.66. The largest absolute Gasteiger partial charge is 0.481 e. The molecule has 1 rings (SSSR count). The topological polar surface area (TPSA) is 63.3 Å². The van der Waals surface area contributed by atoms with E-state index in [1.54, 1.807) is 31.2 Å². The van der Waals surface area contributed by atoms with Crippen molar-refractivity contribution in [3.63, 3.8) is 0 Å². The van der Waals surface area contributed by atoms with Gasteiger partial charge in [0, 0.05) is 12.1 Å². The van der Waals surface area contributed by atoms with Crippen molar-refractivity contribution in [3.8, 4) is 11.8 Å². The molecule has 0 aliphatic heterocycles. The van der Waals surface area contributed by atoms with Crippen LogP contribution in [0.4, 0.5) is 5.69 Å². The fourth-order valence-electron chi connectivity index (χ4n) is 1.58. The molecular weight excluding hydrogens is 202 g/mol. The molecule has 1 atom stereocenters. The molecule has 3 N–H and O–H groups in total. The van der Waals surface area contributed by atoms with E-state index in [9.17, 15) is 4.79 Å². The zero-order valence-corrected chi connectivity index (χ0v) is 9.23. The highest BCUT2D eigenvalue weighted by atomic mass is 16.4. The Balaban J connectivity index is 2.88. The van der Waals surface area contributed by atoms with Crippen molar-refractivity contribution in [1.29, 1.82) is 0 Å². The van der Waals surface area contributed by atoms with Gasteiger partial charge in [0.2, 0.25) is 0 Å². The third-order valence-corrected chi connectivity index (χ3v) is 2.40. The number of hydrogen-bond acceptors (Lipinski definition) is 2. The van der Waals surface area contributed by atoms with Gasteiger partial charge in [-0.25, -0.2) is 0 Å². The van der Waals surface area contributed by atoms with Gasteiger partial charge in [0.05, 0.1) is 5.92 Å². The molecule has 0 heterocycles. The van der Waals surface area contributed by atoms with Crippen molar-refractivity contribution < 1.29 is 9.90 Å². The van der Waals surface area contributed by atoms with Crippen molar-refractivity contribution in [2.24, 2.45) is 0 Å². The Labute approximate surface area is 95.3 Å². The summed E-state index contributed by atoms with van der Waals surface area (Å²) in [7, 11) is 0.